The van der Waals surface area contributed by atoms with E-state index in [1.807, 2.05) is 6.92 Å². The summed E-state index contributed by atoms with van der Waals surface area (Å²) in [5.74, 6) is -0.342. The molecule has 0 unspecified atom stereocenters. The molecule has 4 nitrogen and oxygen atoms in total. The van der Waals surface area contributed by atoms with Crippen molar-refractivity contribution in [1.82, 2.24) is 10.2 Å². The Morgan fingerprint density at radius 3 is 2.94 bits per heavy atom. The minimum Gasteiger partial charge on any atom is -0.397 e. The molecule has 1 aromatic heterocycles. The molecule has 0 aliphatic rings. The van der Waals surface area contributed by atoms with Gasteiger partial charge < -0.3 is 11.1 Å². The molecule has 17 heavy (non-hydrogen) atoms. The van der Waals surface area contributed by atoms with Crippen molar-refractivity contribution in [2.45, 2.75) is 13.5 Å². The molecule has 6 heteroatoms. The summed E-state index contributed by atoms with van der Waals surface area (Å²) in [6.45, 7) is 2.48. The van der Waals surface area contributed by atoms with Gasteiger partial charge in [-0.15, -0.1) is 0 Å². The molecule has 2 aromatic rings. The predicted octanol–water partition coefficient (Wildman–Crippen LogP) is 2.81. The van der Waals surface area contributed by atoms with E-state index in [0.29, 0.717) is 22.4 Å². The van der Waals surface area contributed by atoms with Crippen LogP contribution in [0.2, 0.25) is 0 Å². The van der Waals surface area contributed by atoms with Crippen molar-refractivity contribution in [3.05, 3.63) is 39.9 Å². The SMILES string of the molecule is Cc1[nH]ncc1CNc1cc(F)c(Br)cc1N. The minimum absolute atomic E-state index is 0.342. The van der Waals surface area contributed by atoms with Gasteiger partial charge >= 0.3 is 0 Å². The van der Waals surface area contributed by atoms with Crippen LogP contribution >= 0.6 is 15.9 Å². The fourth-order valence-electron chi connectivity index (χ4n) is 1.46. The van der Waals surface area contributed by atoms with E-state index in [1.165, 1.54) is 6.07 Å². The maximum atomic E-state index is 13.3. The molecule has 0 spiro atoms. The third-order valence-corrected chi connectivity index (χ3v) is 3.10. The molecule has 0 radical (unpaired) electrons. The first kappa shape index (κ1) is 11.9. The second-order valence-electron chi connectivity index (χ2n) is 3.73. The number of nitrogen functional groups attached to an aromatic ring is 1. The van der Waals surface area contributed by atoms with Crippen molar-refractivity contribution in [2.24, 2.45) is 0 Å². The van der Waals surface area contributed by atoms with Crippen molar-refractivity contribution in [1.29, 1.82) is 0 Å². The van der Waals surface area contributed by atoms with Crippen molar-refractivity contribution in [2.75, 3.05) is 11.1 Å². The average Bonchev–Trinajstić information content (AvgIpc) is 2.68. The van der Waals surface area contributed by atoms with Gasteiger partial charge in [-0.3, -0.25) is 5.10 Å². The zero-order valence-corrected chi connectivity index (χ0v) is 10.8. The first-order chi connectivity index (χ1) is 8.08. The van der Waals surface area contributed by atoms with Gasteiger partial charge in [-0.1, -0.05) is 0 Å². The summed E-state index contributed by atoms with van der Waals surface area (Å²) in [4.78, 5) is 0. The molecule has 1 heterocycles. The molecule has 1 aromatic carbocycles. The Morgan fingerprint density at radius 2 is 2.29 bits per heavy atom. The molecule has 90 valence electrons. The number of halogens is 2. The third kappa shape index (κ3) is 2.58. The number of hydrogen-bond acceptors (Lipinski definition) is 3. The molecule has 0 saturated heterocycles. The monoisotopic (exact) mass is 298 g/mol. The van der Waals surface area contributed by atoms with Crippen LogP contribution in [0.4, 0.5) is 15.8 Å². The highest BCUT2D eigenvalue weighted by atomic mass is 79.9. The third-order valence-electron chi connectivity index (χ3n) is 2.50. The zero-order chi connectivity index (χ0) is 12.4. The number of aromatic amines is 1. The van der Waals surface area contributed by atoms with Gasteiger partial charge in [0.2, 0.25) is 0 Å². The maximum Gasteiger partial charge on any atom is 0.139 e. The van der Waals surface area contributed by atoms with Gasteiger partial charge in [-0.25, -0.2) is 4.39 Å². The normalized spacial score (nSPS) is 10.5. The Balaban J connectivity index is 2.14. The number of nitrogens with zero attached hydrogens (tertiary/aromatic N) is 1. The Labute approximate surface area is 107 Å². The summed E-state index contributed by atoms with van der Waals surface area (Å²) in [6.07, 6.45) is 1.73. The number of nitrogens with two attached hydrogens (primary N) is 1. The number of aryl methyl sites for hydroxylation is 1. The Kier molecular flexibility index (Phi) is 3.33. The number of aromatic nitrogens is 2. The lowest BCUT2D eigenvalue weighted by Gasteiger charge is -2.09. The molecule has 0 saturated carbocycles. The summed E-state index contributed by atoms with van der Waals surface area (Å²) < 4.78 is 13.7. The Bertz CT molecular complexity index is 538. The average molecular weight is 299 g/mol. The van der Waals surface area contributed by atoms with Crippen LogP contribution in [0.5, 0.6) is 0 Å². The highest BCUT2D eigenvalue weighted by Crippen LogP contribution is 2.26. The smallest absolute Gasteiger partial charge is 0.139 e. The highest BCUT2D eigenvalue weighted by Gasteiger charge is 2.06. The number of benzene rings is 1. The second-order valence-corrected chi connectivity index (χ2v) is 4.58. The second kappa shape index (κ2) is 4.75. The summed E-state index contributed by atoms with van der Waals surface area (Å²) in [6, 6.07) is 2.91. The lowest BCUT2D eigenvalue weighted by atomic mass is 10.2. The van der Waals surface area contributed by atoms with Gasteiger partial charge in [0.15, 0.2) is 0 Å². The van der Waals surface area contributed by atoms with E-state index >= 15 is 0 Å². The van der Waals surface area contributed by atoms with E-state index < -0.39 is 0 Å². The summed E-state index contributed by atoms with van der Waals surface area (Å²) >= 11 is 3.08. The fourth-order valence-corrected chi connectivity index (χ4v) is 1.82. The number of anilines is 2. The number of rotatable bonds is 3. The van der Waals surface area contributed by atoms with E-state index in [0.717, 1.165) is 11.3 Å². The zero-order valence-electron chi connectivity index (χ0n) is 9.22. The molecule has 0 aliphatic heterocycles. The van der Waals surface area contributed by atoms with E-state index in [1.54, 1.807) is 12.3 Å². The topological polar surface area (TPSA) is 66.7 Å². The van der Waals surface area contributed by atoms with Crippen LogP contribution in [0.15, 0.2) is 22.8 Å². The summed E-state index contributed by atoms with van der Waals surface area (Å²) in [5.41, 5.74) is 8.86. The molecular weight excluding hydrogens is 287 g/mol. The minimum atomic E-state index is -0.342. The van der Waals surface area contributed by atoms with Gasteiger partial charge in [0.05, 0.1) is 22.0 Å². The molecule has 2 rings (SSSR count). The molecular formula is C11H12BrFN4. The van der Waals surface area contributed by atoms with Crippen LogP contribution in [0.3, 0.4) is 0 Å². The van der Waals surface area contributed by atoms with E-state index in [2.05, 4.69) is 31.4 Å². The van der Waals surface area contributed by atoms with Crippen LogP contribution in [-0.2, 0) is 6.54 Å². The maximum absolute atomic E-state index is 13.3. The largest absolute Gasteiger partial charge is 0.397 e. The number of hydrogen-bond donors (Lipinski definition) is 3. The quantitative estimate of drug-likeness (QED) is 0.763. The molecule has 0 amide bonds. The first-order valence-corrected chi connectivity index (χ1v) is 5.84. The van der Waals surface area contributed by atoms with E-state index in [4.69, 9.17) is 5.73 Å². The van der Waals surface area contributed by atoms with Gasteiger partial charge in [0.1, 0.15) is 5.82 Å². The summed E-state index contributed by atoms with van der Waals surface area (Å²) in [7, 11) is 0. The van der Waals surface area contributed by atoms with Crippen molar-refractivity contribution in [3.63, 3.8) is 0 Å². The van der Waals surface area contributed by atoms with Crippen LogP contribution < -0.4 is 11.1 Å². The lowest BCUT2D eigenvalue weighted by Crippen LogP contribution is -2.03. The lowest BCUT2D eigenvalue weighted by molar-refractivity contribution is 0.622. The van der Waals surface area contributed by atoms with Crippen LogP contribution in [0.25, 0.3) is 0 Å². The fraction of sp³-hybridized carbons (Fsp3) is 0.182. The molecule has 0 atom stereocenters. The van der Waals surface area contributed by atoms with E-state index in [-0.39, 0.29) is 5.82 Å². The Hall–Kier alpha value is -1.56. The van der Waals surface area contributed by atoms with Crippen molar-refractivity contribution >= 4 is 27.3 Å². The number of nitrogens with one attached hydrogen (secondary N) is 2. The van der Waals surface area contributed by atoms with Gasteiger partial charge in [0.25, 0.3) is 0 Å². The standard InChI is InChI=1S/C11H12BrFN4/c1-6-7(5-16-17-6)4-15-11-3-9(13)8(12)2-10(11)14/h2-3,5,15H,4,14H2,1H3,(H,16,17). The summed E-state index contributed by atoms with van der Waals surface area (Å²) in [5, 5.41) is 9.83. The van der Waals surface area contributed by atoms with Gasteiger partial charge in [-0.2, -0.15) is 5.10 Å². The predicted molar refractivity (Wildman–Crippen MR) is 69.2 cm³/mol. The van der Waals surface area contributed by atoms with Gasteiger partial charge in [0, 0.05) is 23.9 Å². The molecule has 0 aliphatic carbocycles. The number of H-pyrrole nitrogens is 1. The first-order valence-electron chi connectivity index (χ1n) is 5.05. The van der Waals surface area contributed by atoms with E-state index in [9.17, 15) is 4.39 Å². The molecule has 4 N–H and O–H groups in total. The molecule has 0 fully saturated rings. The molecule has 0 bridgehead atoms. The van der Waals surface area contributed by atoms with Crippen LogP contribution in [-0.4, -0.2) is 10.2 Å². The van der Waals surface area contributed by atoms with Crippen molar-refractivity contribution < 1.29 is 4.39 Å². The highest BCUT2D eigenvalue weighted by molar-refractivity contribution is 9.10. The van der Waals surface area contributed by atoms with Gasteiger partial charge in [-0.05, 0) is 28.9 Å². The Morgan fingerprint density at radius 1 is 1.53 bits per heavy atom. The van der Waals surface area contributed by atoms with Crippen LogP contribution in [0.1, 0.15) is 11.3 Å². The van der Waals surface area contributed by atoms with Crippen LogP contribution in [0, 0.1) is 12.7 Å². The van der Waals surface area contributed by atoms with Crippen molar-refractivity contribution in [3.8, 4) is 0 Å².